The number of hydrogen-bond donors (Lipinski definition) is 0. The second-order valence-corrected chi connectivity index (χ2v) is 3.86. The van der Waals surface area contributed by atoms with Crippen molar-refractivity contribution in [2.24, 2.45) is 5.92 Å². The minimum atomic E-state index is -0.215. The maximum absolute atomic E-state index is 12.9. The Morgan fingerprint density at radius 3 is 2.86 bits per heavy atom. The SMILES string of the molecule is CCc1ccc(F)cc1OCC1CC1. The Morgan fingerprint density at radius 1 is 1.43 bits per heavy atom. The molecule has 1 aromatic rings. The Hall–Kier alpha value is -1.05. The molecule has 0 atom stereocenters. The van der Waals surface area contributed by atoms with Crippen LogP contribution in [-0.2, 0) is 6.42 Å². The highest BCUT2D eigenvalue weighted by molar-refractivity contribution is 5.34. The topological polar surface area (TPSA) is 9.23 Å². The Morgan fingerprint density at radius 2 is 2.21 bits per heavy atom. The summed E-state index contributed by atoms with van der Waals surface area (Å²) in [4.78, 5) is 0. The van der Waals surface area contributed by atoms with E-state index in [2.05, 4.69) is 6.92 Å². The predicted octanol–water partition coefficient (Wildman–Crippen LogP) is 3.18. The lowest BCUT2D eigenvalue weighted by molar-refractivity contribution is 0.295. The molecule has 1 aromatic carbocycles. The lowest BCUT2D eigenvalue weighted by atomic mass is 10.1. The van der Waals surface area contributed by atoms with Crippen molar-refractivity contribution >= 4 is 0 Å². The van der Waals surface area contributed by atoms with Gasteiger partial charge in [-0.1, -0.05) is 13.0 Å². The molecule has 0 bridgehead atoms. The summed E-state index contributed by atoms with van der Waals surface area (Å²) >= 11 is 0. The highest BCUT2D eigenvalue weighted by Gasteiger charge is 2.22. The highest BCUT2D eigenvalue weighted by atomic mass is 19.1. The van der Waals surface area contributed by atoms with Crippen LogP contribution in [0.15, 0.2) is 18.2 Å². The van der Waals surface area contributed by atoms with Crippen LogP contribution in [0.3, 0.4) is 0 Å². The first kappa shape index (κ1) is 9.50. The number of halogens is 1. The molecular formula is C12H15FO. The van der Waals surface area contributed by atoms with Gasteiger partial charge in [0.1, 0.15) is 11.6 Å². The summed E-state index contributed by atoms with van der Waals surface area (Å²) in [5, 5.41) is 0. The van der Waals surface area contributed by atoms with Crippen molar-refractivity contribution in [3.8, 4) is 5.75 Å². The van der Waals surface area contributed by atoms with Gasteiger partial charge in [-0.25, -0.2) is 4.39 Å². The quantitative estimate of drug-likeness (QED) is 0.715. The maximum atomic E-state index is 12.9. The Labute approximate surface area is 83.9 Å². The first-order valence-electron chi connectivity index (χ1n) is 5.21. The molecule has 0 amide bonds. The molecule has 0 spiro atoms. The first-order valence-corrected chi connectivity index (χ1v) is 5.21. The molecule has 0 saturated heterocycles. The second-order valence-electron chi connectivity index (χ2n) is 3.86. The number of benzene rings is 1. The highest BCUT2D eigenvalue weighted by Crippen LogP contribution is 2.30. The van der Waals surface area contributed by atoms with Crippen LogP contribution in [0.5, 0.6) is 5.75 Å². The third-order valence-corrected chi connectivity index (χ3v) is 2.58. The number of ether oxygens (including phenoxy) is 1. The summed E-state index contributed by atoms with van der Waals surface area (Å²) in [6.45, 7) is 2.80. The van der Waals surface area contributed by atoms with Gasteiger partial charge in [0.15, 0.2) is 0 Å². The van der Waals surface area contributed by atoms with Crippen molar-refractivity contribution in [1.82, 2.24) is 0 Å². The van der Waals surface area contributed by atoms with E-state index in [9.17, 15) is 4.39 Å². The van der Waals surface area contributed by atoms with E-state index in [1.807, 2.05) is 0 Å². The first-order chi connectivity index (χ1) is 6.79. The Bertz CT molecular complexity index is 318. The standard InChI is InChI=1S/C12H15FO/c1-2-10-5-6-11(13)7-12(10)14-8-9-3-4-9/h5-7,9H,2-4,8H2,1H3. The number of aryl methyl sites for hydroxylation is 1. The molecule has 1 aliphatic carbocycles. The van der Waals surface area contributed by atoms with Gasteiger partial charge in [0, 0.05) is 6.07 Å². The molecule has 1 nitrogen and oxygen atoms in total. The molecule has 0 aromatic heterocycles. The smallest absolute Gasteiger partial charge is 0.126 e. The van der Waals surface area contributed by atoms with Gasteiger partial charge in [0.2, 0.25) is 0 Å². The van der Waals surface area contributed by atoms with Gasteiger partial charge in [0.25, 0.3) is 0 Å². The van der Waals surface area contributed by atoms with Crippen LogP contribution >= 0.6 is 0 Å². The van der Waals surface area contributed by atoms with Gasteiger partial charge in [-0.15, -0.1) is 0 Å². The van der Waals surface area contributed by atoms with E-state index in [4.69, 9.17) is 4.74 Å². The molecule has 1 saturated carbocycles. The summed E-state index contributed by atoms with van der Waals surface area (Å²) in [5.74, 6) is 1.22. The third kappa shape index (κ3) is 2.25. The van der Waals surface area contributed by atoms with Crippen molar-refractivity contribution in [1.29, 1.82) is 0 Å². The molecule has 76 valence electrons. The molecule has 1 fully saturated rings. The fourth-order valence-corrected chi connectivity index (χ4v) is 1.45. The van der Waals surface area contributed by atoms with Crippen LogP contribution in [-0.4, -0.2) is 6.61 Å². The summed E-state index contributed by atoms with van der Waals surface area (Å²) in [5.41, 5.74) is 1.09. The molecular weight excluding hydrogens is 179 g/mol. The molecule has 2 heteroatoms. The minimum absolute atomic E-state index is 0.215. The average molecular weight is 194 g/mol. The van der Waals surface area contributed by atoms with Crippen LogP contribution in [0.4, 0.5) is 4.39 Å². The third-order valence-electron chi connectivity index (χ3n) is 2.58. The molecule has 14 heavy (non-hydrogen) atoms. The summed E-state index contributed by atoms with van der Waals surface area (Å²) in [6, 6.07) is 4.78. The summed E-state index contributed by atoms with van der Waals surface area (Å²) < 4.78 is 18.5. The van der Waals surface area contributed by atoms with Crippen LogP contribution in [0.2, 0.25) is 0 Å². The average Bonchev–Trinajstić information content (AvgIpc) is 2.98. The van der Waals surface area contributed by atoms with Crippen molar-refractivity contribution < 1.29 is 9.13 Å². The Balaban J connectivity index is 2.07. The van der Waals surface area contributed by atoms with E-state index < -0.39 is 0 Å². The maximum Gasteiger partial charge on any atom is 0.126 e. The lowest BCUT2D eigenvalue weighted by Crippen LogP contribution is -2.01. The van der Waals surface area contributed by atoms with E-state index in [1.165, 1.54) is 25.0 Å². The molecule has 0 heterocycles. The zero-order chi connectivity index (χ0) is 9.97. The van der Waals surface area contributed by atoms with Crippen molar-refractivity contribution in [3.05, 3.63) is 29.6 Å². The van der Waals surface area contributed by atoms with E-state index >= 15 is 0 Å². The monoisotopic (exact) mass is 194 g/mol. The number of hydrogen-bond acceptors (Lipinski definition) is 1. The van der Waals surface area contributed by atoms with Crippen LogP contribution in [0.1, 0.15) is 25.3 Å². The predicted molar refractivity (Wildman–Crippen MR) is 54.0 cm³/mol. The fraction of sp³-hybridized carbons (Fsp3) is 0.500. The van der Waals surface area contributed by atoms with E-state index in [1.54, 1.807) is 6.07 Å². The van der Waals surface area contributed by atoms with Gasteiger partial charge < -0.3 is 4.74 Å². The van der Waals surface area contributed by atoms with Gasteiger partial charge in [-0.2, -0.15) is 0 Å². The van der Waals surface area contributed by atoms with Crippen molar-refractivity contribution in [3.63, 3.8) is 0 Å². The van der Waals surface area contributed by atoms with Crippen molar-refractivity contribution in [2.45, 2.75) is 26.2 Å². The van der Waals surface area contributed by atoms with Gasteiger partial charge in [0.05, 0.1) is 6.61 Å². The van der Waals surface area contributed by atoms with Gasteiger partial charge >= 0.3 is 0 Å². The molecule has 0 unspecified atom stereocenters. The Kier molecular flexibility index (Phi) is 2.71. The normalized spacial score (nSPS) is 15.6. The van der Waals surface area contributed by atoms with Gasteiger partial charge in [-0.05, 0) is 36.8 Å². The molecule has 0 radical (unpaired) electrons. The van der Waals surface area contributed by atoms with Crippen LogP contribution in [0, 0.1) is 11.7 Å². The molecule has 0 N–H and O–H groups in total. The van der Waals surface area contributed by atoms with Crippen LogP contribution < -0.4 is 4.74 Å². The summed E-state index contributed by atoms with van der Waals surface area (Å²) in [7, 11) is 0. The largest absolute Gasteiger partial charge is 0.493 e. The molecule has 2 rings (SSSR count). The fourth-order valence-electron chi connectivity index (χ4n) is 1.45. The molecule has 0 aliphatic heterocycles. The van der Waals surface area contributed by atoms with Crippen molar-refractivity contribution in [2.75, 3.05) is 6.61 Å². The zero-order valence-electron chi connectivity index (χ0n) is 8.42. The van der Waals surface area contributed by atoms with E-state index in [0.717, 1.165) is 24.3 Å². The second kappa shape index (κ2) is 3.99. The number of rotatable bonds is 4. The van der Waals surface area contributed by atoms with Crippen LogP contribution in [0.25, 0.3) is 0 Å². The van der Waals surface area contributed by atoms with E-state index in [0.29, 0.717) is 5.92 Å². The lowest BCUT2D eigenvalue weighted by Gasteiger charge is -2.09. The minimum Gasteiger partial charge on any atom is -0.493 e. The van der Waals surface area contributed by atoms with Gasteiger partial charge in [-0.3, -0.25) is 0 Å². The summed E-state index contributed by atoms with van der Waals surface area (Å²) in [6.07, 6.45) is 3.41. The molecule has 1 aliphatic rings. The van der Waals surface area contributed by atoms with E-state index in [-0.39, 0.29) is 5.82 Å². The zero-order valence-corrected chi connectivity index (χ0v) is 8.42.